The van der Waals surface area contributed by atoms with Crippen molar-refractivity contribution in [1.29, 1.82) is 0 Å². The van der Waals surface area contributed by atoms with Gasteiger partial charge in [-0.1, -0.05) is 6.07 Å². The summed E-state index contributed by atoms with van der Waals surface area (Å²) in [4.78, 5) is 2.33. The summed E-state index contributed by atoms with van der Waals surface area (Å²) >= 11 is 0. The van der Waals surface area contributed by atoms with Gasteiger partial charge < -0.3 is 10.6 Å². The molecule has 114 valence electrons. The molecule has 1 aromatic rings. The topological polar surface area (TPSA) is 75.4 Å². The second-order valence-electron chi connectivity index (χ2n) is 5.54. The number of nitrogen functional groups attached to an aromatic ring is 1. The molecule has 0 saturated heterocycles. The highest BCUT2D eigenvalue weighted by Gasteiger charge is 2.22. The van der Waals surface area contributed by atoms with Gasteiger partial charge in [0.15, 0.2) is 0 Å². The molecule has 0 aliphatic heterocycles. The van der Waals surface area contributed by atoms with Crippen molar-refractivity contribution in [2.24, 2.45) is 0 Å². The maximum absolute atomic E-state index is 12.5. The average Bonchev–Trinajstić information content (AvgIpc) is 2.31. The number of nitrogens with two attached hydrogens (primary N) is 1. The highest BCUT2D eigenvalue weighted by Crippen LogP contribution is 2.24. The molecular weight excluding hydrogens is 274 g/mol. The summed E-state index contributed by atoms with van der Waals surface area (Å²) in [5.41, 5.74) is 7.63. The van der Waals surface area contributed by atoms with E-state index in [0.29, 0.717) is 21.7 Å². The van der Waals surface area contributed by atoms with E-state index >= 15 is 0 Å². The Labute approximate surface area is 122 Å². The van der Waals surface area contributed by atoms with Crippen LogP contribution in [0, 0.1) is 13.8 Å². The summed E-state index contributed by atoms with van der Waals surface area (Å²) in [5.74, 6) is 0. The monoisotopic (exact) mass is 299 g/mol. The lowest BCUT2D eigenvalue weighted by atomic mass is 10.1. The highest BCUT2D eigenvalue weighted by molar-refractivity contribution is 7.89. The Morgan fingerprint density at radius 3 is 2.45 bits per heavy atom. The lowest BCUT2D eigenvalue weighted by Gasteiger charge is -2.19. The number of benzene rings is 1. The molecule has 0 fully saturated rings. The van der Waals surface area contributed by atoms with Gasteiger partial charge in [0.05, 0.1) is 4.90 Å². The van der Waals surface area contributed by atoms with Crippen molar-refractivity contribution in [3.05, 3.63) is 23.3 Å². The van der Waals surface area contributed by atoms with Crippen molar-refractivity contribution >= 4 is 15.7 Å². The first-order valence-corrected chi connectivity index (χ1v) is 8.16. The van der Waals surface area contributed by atoms with Crippen LogP contribution >= 0.6 is 0 Å². The number of rotatable bonds is 6. The number of aryl methyl sites for hydroxylation is 1. The largest absolute Gasteiger partial charge is 0.398 e. The van der Waals surface area contributed by atoms with Gasteiger partial charge in [0, 0.05) is 11.7 Å². The van der Waals surface area contributed by atoms with E-state index < -0.39 is 10.0 Å². The van der Waals surface area contributed by atoms with Gasteiger partial charge in [-0.05, 0) is 65.0 Å². The normalized spacial score (nSPS) is 13.7. The van der Waals surface area contributed by atoms with E-state index in [1.165, 1.54) is 0 Å². The van der Waals surface area contributed by atoms with Crippen LogP contribution in [-0.4, -0.2) is 40.0 Å². The van der Waals surface area contributed by atoms with E-state index in [4.69, 9.17) is 5.73 Å². The van der Waals surface area contributed by atoms with Crippen LogP contribution in [-0.2, 0) is 10.0 Å². The molecule has 0 heterocycles. The van der Waals surface area contributed by atoms with Crippen LogP contribution in [0.1, 0.15) is 24.5 Å². The summed E-state index contributed by atoms with van der Waals surface area (Å²) in [5, 5.41) is 0. The minimum Gasteiger partial charge on any atom is -0.398 e. The van der Waals surface area contributed by atoms with E-state index in [-0.39, 0.29) is 6.04 Å². The zero-order valence-electron chi connectivity index (χ0n) is 12.9. The molecule has 0 spiro atoms. The van der Waals surface area contributed by atoms with E-state index in [1.54, 1.807) is 26.0 Å². The van der Waals surface area contributed by atoms with E-state index in [2.05, 4.69) is 4.72 Å². The van der Waals surface area contributed by atoms with Gasteiger partial charge >= 0.3 is 0 Å². The van der Waals surface area contributed by atoms with Crippen molar-refractivity contribution in [3.8, 4) is 0 Å². The van der Waals surface area contributed by atoms with Crippen LogP contribution in [0.4, 0.5) is 5.69 Å². The number of nitrogens with zero attached hydrogens (tertiary/aromatic N) is 1. The van der Waals surface area contributed by atoms with Crippen molar-refractivity contribution in [3.63, 3.8) is 0 Å². The third-order valence-corrected chi connectivity index (χ3v) is 5.16. The molecule has 0 saturated carbocycles. The third-order valence-electron chi connectivity index (χ3n) is 3.28. The molecule has 0 aliphatic carbocycles. The minimum absolute atomic E-state index is 0.123. The molecule has 0 amide bonds. The predicted molar refractivity (Wildman–Crippen MR) is 83.3 cm³/mol. The van der Waals surface area contributed by atoms with E-state index in [9.17, 15) is 8.42 Å². The third kappa shape index (κ3) is 4.19. The number of hydrogen-bond donors (Lipinski definition) is 2. The van der Waals surface area contributed by atoms with Crippen molar-refractivity contribution < 1.29 is 8.42 Å². The fraction of sp³-hybridized carbons (Fsp3) is 0.571. The Morgan fingerprint density at radius 1 is 1.30 bits per heavy atom. The lowest BCUT2D eigenvalue weighted by molar-refractivity contribution is 0.379. The Balaban J connectivity index is 2.98. The molecule has 1 unspecified atom stereocenters. The number of sulfonamides is 1. The molecule has 0 aliphatic rings. The summed E-state index contributed by atoms with van der Waals surface area (Å²) in [6.45, 7) is 6.23. The highest BCUT2D eigenvalue weighted by atomic mass is 32.2. The van der Waals surface area contributed by atoms with Gasteiger partial charge in [0.25, 0.3) is 0 Å². The fourth-order valence-corrected chi connectivity index (χ4v) is 3.87. The maximum Gasteiger partial charge on any atom is 0.241 e. The maximum atomic E-state index is 12.5. The summed E-state index contributed by atoms with van der Waals surface area (Å²) in [7, 11) is 0.392. The summed E-state index contributed by atoms with van der Waals surface area (Å²) in [6.07, 6.45) is 0.757. The molecule has 0 aromatic heterocycles. The second-order valence-corrected chi connectivity index (χ2v) is 7.19. The number of hydrogen-bond acceptors (Lipinski definition) is 4. The smallest absolute Gasteiger partial charge is 0.241 e. The summed E-state index contributed by atoms with van der Waals surface area (Å²) < 4.78 is 27.7. The number of nitrogens with one attached hydrogen (secondary N) is 1. The van der Waals surface area contributed by atoms with Crippen LogP contribution in [0.2, 0.25) is 0 Å². The standard InChI is InChI=1S/C14H25N3O2S/c1-10-6-7-13(15)12(3)14(10)20(18,19)16-11(2)8-9-17(4)5/h6-7,11,16H,8-9,15H2,1-5H3. The average molecular weight is 299 g/mol. The van der Waals surface area contributed by atoms with Crippen LogP contribution in [0.3, 0.4) is 0 Å². The van der Waals surface area contributed by atoms with Gasteiger partial charge in [0.2, 0.25) is 10.0 Å². The first-order valence-electron chi connectivity index (χ1n) is 6.68. The zero-order chi connectivity index (χ0) is 15.5. The molecule has 0 bridgehead atoms. The predicted octanol–water partition coefficient (Wildman–Crippen LogP) is 1.50. The van der Waals surface area contributed by atoms with Crippen molar-refractivity contribution in [1.82, 2.24) is 9.62 Å². The molecule has 0 radical (unpaired) electrons. The van der Waals surface area contributed by atoms with Gasteiger partial charge in [-0.3, -0.25) is 0 Å². The van der Waals surface area contributed by atoms with Gasteiger partial charge in [0.1, 0.15) is 0 Å². The molecular formula is C14H25N3O2S. The Kier molecular flexibility index (Phi) is 5.56. The molecule has 20 heavy (non-hydrogen) atoms. The first kappa shape index (κ1) is 16.9. The van der Waals surface area contributed by atoms with Gasteiger partial charge in [-0.2, -0.15) is 0 Å². The van der Waals surface area contributed by atoms with Crippen LogP contribution in [0.5, 0.6) is 0 Å². The zero-order valence-corrected chi connectivity index (χ0v) is 13.7. The quantitative estimate of drug-likeness (QED) is 0.781. The lowest BCUT2D eigenvalue weighted by Crippen LogP contribution is -2.35. The van der Waals surface area contributed by atoms with Crippen LogP contribution in [0.25, 0.3) is 0 Å². The van der Waals surface area contributed by atoms with Gasteiger partial charge in [-0.25, -0.2) is 13.1 Å². The van der Waals surface area contributed by atoms with Crippen LogP contribution in [0.15, 0.2) is 17.0 Å². The van der Waals surface area contributed by atoms with Crippen molar-refractivity contribution in [2.75, 3.05) is 26.4 Å². The van der Waals surface area contributed by atoms with E-state index in [1.807, 2.05) is 25.9 Å². The molecule has 1 atom stereocenters. The Hall–Kier alpha value is -1.11. The minimum atomic E-state index is -3.54. The van der Waals surface area contributed by atoms with Gasteiger partial charge in [-0.15, -0.1) is 0 Å². The molecule has 1 rings (SSSR count). The van der Waals surface area contributed by atoms with Crippen LogP contribution < -0.4 is 10.5 Å². The molecule has 5 nitrogen and oxygen atoms in total. The number of anilines is 1. The summed E-state index contributed by atoms with van der Waals surface area (Å²) in [6, 6.07) is 3.35. The molecule has 3 N–H and O–H groups in total. The first-order chi connectivity index (χ1) is 9.15. The fourth-order valence-electron chi connectivity index (χ4n) is 2.09. The van der Waals surface area contributed by atoms with E-state index in [0.717, 1.165) is 13.0 Å². The van der Waals surface area contributed by atoms with Crippen molar-refractivity contribution in [2.45, 2.75) is 38.1 Å². The molecule has 6 heteroatoms. The molecule has 1 aromatic carbocycles. The Bertz CT molecular complexity index is 568. The second kappa shape index (κ2) is 6.56. The SMILES string of the molecule is Cc1ccc(N)c(C)c1S(=O)(=O)NC(C)CCN(C)C. The Morgan fingerprint density at radius 2 is 1.90 bits per heavy atom.